The van der Waals surface area contributed by atoms with Crippen molar-refractivity contribution >= 4 is 17.2 Å². The van der Waals surface area contributed by atoms with Crippen LogP contribution in [0.2, 0.25) is 0 Å². The highest BCUT2D eigenvalue weighted by Crippen LogP contribution is 2.67. The summed E-state index contributed by atoms with van der Waals surface area (Å²) in [7, 11) is 2.22. The first-order valence-corrected chi connectivity index (χ1v) is 13.5. The predicted molar refractivity (Wildman–Crippen MR) is 148 cm³/mol. The largest absolute Gasteiger partial charge is 0.336 e. The third-order valence-corrected chi connectivity index (χ3v) is 9.17. The highest BCUT2D eigenvalue weighted by molar-refractivity contribution is 5.87. The van der Waals surface area contributed by atoms with Crippen LogP contribution >= 0.6 is 0 Å². The molecular formula is C31H37N5. The van der Waals surface area contributed by atoms with Gasteiger partial charge < -0.3 is 9.80 Å². The smallest absolute Gasteiger partial charge is 0.162 e. The fourth-order valence-corrected chi connectivity index (χ4v) is 7.27. The lowest BCUT2D eigenvalue weighted by molar-refractivity contribution is 0.120. The molecule has 3 aromatic rings. The lowest BCUT2D eigenvalue weighted by Crippen LogP contribution is -2.66. The van der Waals surface area contributed by atoms with Gasteiger partial charge in [-0.05, 0) is 47.4 Å². The van der Waals surface area contributed by atoms with Gasteiger partial charge >= 0.3 is 0 Å². The van der Waals surface area contributed by atoms with Gasteiger partial charge in [-0.2, -0.15) is 0 Å². The fourth-order valence-electron chi connectivity index (χ4n) is 7.27. The number of pyridine rings is 1. The Bertz CT molecular complexity index is 1350. The zero-order valence-electron chi connectivity index (χ0n) is 22.6. The average molecular weight is 480 g/mol. The zero-order valence-corrected chi connectivity index (χ0v) is 22.6. The van der Waals surface area contributed by atoms with Gasteiger partial charge in [0, 0.05) is 41.5 Å². The number of aromatic nitrogens is 3. The first-order valence-electron chi connectivity index (χ1n) is 13.5. The average Bonchev–Trinajstić information content (AvgIpc) is 3.16. The highest BCUT2D eigenvalue weighted by atomic mass is 15.5. The van der Waals surface area contributed by atoms with Gasteiger partial charge in [0.25, 0.3) is 0 Å². The van der Waals surface area contributed by atoms with Crippen molar-refractivity contribution < 1.29 is 0 Å². The highest BCUT2D eigenvalue weighted by Gasteiger charge is 2.65. The summed E-state index contributed by atoms with van der Waals surface area (Å²) >= 11 is 0. The van der Waals surface area contributed by atoms with Crippen molar-refractivity contribution in [2.75, 3.05) is 16.8 Å². The van der Waals surface area contributed by atoms with E-state index in [4.69, 9.17) is 9.97 Å². The first kappa shape index (κ1) is 23.2. The molecule has 0 radical (unpaired) electrons. The van der Waals surface area contributed by atoms with Gasteiger partial charge in [0.15, 0.2) is 11.6 Å². The molecule has 2 aromatic heterocycles. The number of allylic oxidation sites excluding steroid dienone is 1. The molecule has 0 amide bonds. The molecule has 1 aromatic carbocycles. The number of nitrogens with zero attached hydrogens (tertiary/aromatic N) is 5. The number of para-hydroxylation sites is 1. The Balaban J connectivity index is 1.58. The van der Waals surface area contributed by atoms with E-state index in [0.717, 1.165) is 35.7 Å². The number of anilines is 3. The van der Waals surface area contributed by atoms with Crippen LogP contribution in [-0.2, 0) is 5.41 Å². The molecule has 0 spiro atoms. The minimum absolute atomic E-state index is 0.0224. The molecule has 186 valence electrons. The molecule has 4 heterocycles. The van der Waals surface area contributed by atoms with Gasteiger partial charge in [0.1, 0.15) is 11.9 Å². The van der Waals surface area contributed by atoms with E-state index >= 15 is 0 Å². The van der Waals surface area contributed by atoms with Crippen LogP contribution in [0.15, 0.2) is 55.0 Å². The van der Waals surface area contributed by atoms with Gasteiger partial charge in [-0.15, -0.1) is 0 Å². The van der Waals surface area contributed by atoms with Crippen molar-refractivity contribution in [2.24, 2.45) is 5.41 Å². The summed E-state index contributed by atoms with van der Waals surface area (Å²) in [6.45, 7) is 13.6. The lowest BCUT2D eigenvalue weighted by Gasteiger charge is -2.63. The second-order valence-corrected chi connectivity index (χ2v) is 11.3. The number of hydrogen-bond acceptors (Lipinski definition) is 5. The molecule has 3 unspecified atom stereocenters. The topological polar surface area (TPSA) is 45.2 Å². The minimum atomic E-state index is 0.0224. The number of hydrogen-bond donors (Lipinski definition) is 0. The van der Waals surface area contributed by atoms with E-state index in [2.05, 4.69) is 106 Å². The molecule has 36 heavy (non-hydrogen) atoms. The third kappa shape index (κ3) is 2.69. The Morgan fingerprint density at radius 1 is 0.889 bits per heavy atom. The molecule has 3 atom stereocenters. The lowest BCUT2D eigenvalue weighted by atomic mass is 9.47. The Kier molecular flexibility index (Phi) is 5.09. The van der Waals surface area contributed by atoms with Gasteiger partial charge in [0.2, 0.25) is 0 Å². The maximum Gasteiger partial charge on any atom is 0.162 e. The molecule has 6 rings (SSSR count). The van der Waals surface area contributed by atoms with Gasteiger partial charge in [-0.3, -0.25) is 4.98 Å². The van der Waals surface area contributed by atoms with Crippen molar-refractivity contribution in [3.8, 4) is 11.4 Å². The summed E-state index contributed by atoms with van der Waals surface area (Å²) in [5, 5.41) is 0. The van der Waals surface area contributed by atoms with Crippen molar-refractivity contribution in [3.05, 3.63) is 71.7 Å². The first-order chi connectivity index (χ1) is 17.3. The van der Waals surface area contributed by atoms with E-state index in [-0.39, 0.29) is 17.0 Å². The second-order valence-electron chi connectivity index (χ2n) is 11.3. The minimum Gasteiger partial charge on any atom is -0.336 e. The molecule has 1 aliphatic carbocycles. The molecule has 0 saturated heterocycles. The zero-order chi connectivity index (χ0) is 25.4. The Labute approximate surface area is 215 Å². The molecule has 5 heteroatoms. The summed E-state index contributed by atoms with van der Waals surface area (Å²) in [6.07, 6.45) is 13.3. The van der Waals surface area contributed by atoms with Crippen LogP contribution in [0.1, 0.15) is 82.9 Å². The van der Waals surface area contributed by atoms with Crippen molar-refractivity contribution in [2.45, 2.75) is 77.8 Å². The fraction of sp³-hybridized carbons (Fsp3) is 0.452. The number of rotatable bonds is 5. The molecule has 0 N–H and O–H groups in total. The Hall–Kier alpha value is -3.21. The monoisotopic (exact) mass is 479 g/mol. The van der Waals surface area contributed by atoms with Gasteiger partial charge in [-0.1, -0.05) is 71.9 Å². The maximum atomic E-state index is 5.31. The molecule has 2 aliphatic heterocycles. The van der Waals surface area contributed by atoms with E-state index in [9.17, 15) is 0 Å². The molecule has 3 aliphatic rings. The van der Waals surface area contributed by atoms with Crippen LogP contribution in [-0.4, -0.2) is 28.2 Å². The number of fused-ring (bicyclic) bond motifs is 8. The van der Waals surface area contributed by atoms with E-state index < -0.39 is 0 Å². The van der Waals surface area contributed by atoms with Crippen molar-refractivity contribution in [1.82, 2.24) is 15.0 Å². The van der Waals surface area contributed by atoms with Crippen LogP contribution < -0.4 is 9.80 Å². The molecule has 0 fully saturated rings. The second kappa shape index (κ2) is 7.89. The molecular weight excluding hydrogens is 442 g/mol. The Morgan fingerprint density at radius 2 is 1.58 bits per heavy atom. The summed E-state index contributed by atoms with van der Waals surface area (Å²) in [5.41, 5.74) is 7.45. The van der Waals surface area contributed by atoms with Crippen LogP contribution in [0, 0.1) is 5.41 Å². The molecule has 5 nitrogen and oxygen atoms in total. The quantitative estimate of drug-likeness (QED) is 0.359. The maximum absolute atomic E-state index is 5.31. The van der Waals surface area contributed by atoms with Gasteiger partial charge in [-0.25, -0.2) is 9.97 Å². The normalized spacial score (nSPS) is 25.5. The standard InChI is InChI=1S/C31H37N5/c1-8-30-14-15-31(30,9-2)29-35(7)28-25(36(29)24-13-11-10-12-23(24)30)18-33-27(34-28)26-21(19(3)4)16-32-17-22(26)20(5)6/h10-20,29H,8-9H2,1-7H3. The number of benzene rings is 1. The summed E-state index contributed by atoms with van der Waals surface area (Å²) in [5.74, 6) is 2.50. The van der Waals surface area contributed by atoms with Crippen molar-refractivity contribution in [1.29, 1.82) is 0 Å². The predicted octanol–water partition coefficient (Wildman–Crippen LogP) is 7.33. The third-order valence-electron chi connectivity index (χ3n) is 9.17. The van der Waals surface area contributed by atoms with E-state index in [1.165, 1.54) is 22.4 Å². The van der Waals surface area contributed by atoms with E-state index in [0.29, 0.717) is 11.8 Å². The van der Waals surface area contributed by atoms with Crippen LogP contribution in [0.25, 0.3) is 11.4 Å². The van der Waals surface area contributed by atoms with E-state index in [1.54, 1.807) is 0 Å². The Morgan fingerprint density at radius 3 is 2.17 bits per heavy atom. The van der Waals surface area contributed by atoms with E-state index in [1.807, 2.05) is 12.4 Å². The van der Waals surface area contributed by atoms with Crippen LogP contribution in [0.3, 0.4) is 0 Å². The molecule has 0 bridgehead atoms. The summed E-state index contributed by atoms with van der Waals surface area (Å²) in [4.78, 5) is 19.8. The van der Waals surface area contributed by atoms with Crippen molar-refractivity contribution in [3.63, 3.8) is 0 Å². The van der Waals surface area contributed by atoms with Gasteiger partial charge in [0.05, 0.1) is 6.20 Å². The molecule has 0 saturated carbocycles. The SMILES string of the molecule is CCC12C=CC1(CC)C1N(C)c3nc(-c4c(C(C)C)cncc4C(C)C)ncc3N1c1ccccc12. The summed E-state index contributed by atoms with van der Waals surface area (Å²) in [6, 6.07) is 8.96. The van der Waals surface area contributed by atoms with Crippen LogP contribution in [0.5, 0.6) is 0 Å². The van der Waals surface area contributed by atoms with Crippen LogP contribution in [0.4, 0.5) is 17.2 Å². The summed E-state index contributed by atoms with van der Waals surface area (Å²) < 4.78 is 0.